The number of unbranched alkanes of at least 4 members (excludes halogenated alkanes) is 2. The lowest BCUT2D eigenvalue weighted by molar-refractivity contribution is 0.415. The molecule has 0 radical (unpaired) electrons. The molecule has 0 fully saturated rings. The third-order valence-electron chi connectivity index (χ3n) is 6.24. The van der Waals surface area contributed by atoms with E-state index in [4.69, 9.17) is 26.4 Å². The molecule has 0 bridgehead atoms. The van der Waals surface area contributed by atoms with Crippen LogP contribution >= 0.6 is 24.0 Å². The normalized spacial score (nSPS) is 12.7. The number of ether oxygens (including phenoxy) is 1. The van der Waals surface area contributed by atoms with Crippen molar-refractivity contribution >= 4 is 35.5 Å². The Morgan fingerprint density at radius 3 is 2.47 bits per heavy atom. The number of hydrogen-bond acceptors (Lipinski definition) is 4. The predicted molar refractivity (Wildman–Crippen MR) is 136 cm³/mol. The Bertz CT molecular complexity index is 1070. The zero-order valence-electron chi connectivity index (χ0n) is 19.6. The topological polar surface area (TPSA) is 42.7 Å². The van der Waals surface area contributed by atoms with Crippen LogP contribution < -0.4 is 9.64 Å². The van der Waals surface area contributed by atoms with Gasteiger partial charge in [-0.3, -0.25) is 0 Å². The molecule has 5 nitrogen and oxygen atoms in total. The third-order valence-corrected chi connectivity index (χ3v) is 6.56. The summed E-state index contributed by atoms with van der Waals surface area (Å²) in [6, 6.07) is 5.84. The second kappa shape index (κ2) is 10.8. The summed E-state index contributed by atoms with van der Waals surface area (Å²) in [5, 5.41) is 5.67. The summed E-state index contributed by atoms with van der Waals surface area (Å²) >= 11 is 6.67. The van der Waals surface area contributed by atoms with Gasteiger partial charge in [0.05, 0.1) is 23.4 Å². The lowest BCUT2D eigenvalue weighted by atomic mass is 10.1. The van der Waals surface area contributed by atoms with Crippen LogP contribution in [0.3, 0.4) is 0 Å². The lowest BCUT2D eigenvalue weighted by Gasteiger charge is -2.27. The lowest BCUT2D eigenvalue weighted by Crippen LogP contribution is -2.29. The highest BCUT2D eigenvalue weighted by atomic mass is 35.5. The average Bonchev–Trinajstić information content (AvgIpc) is 3.36. The molecule has 2 heterocycles. The minimum atomic E-state index is 0. The molecule has 32 heavy (non-hydrogen) atoms. The van der Waals surface area contributed by atoms with Gasteiger partial charge < -0.3 is 9.64 Å². The van der Waals surface area contributed by atoms with Crippen LogP contribution in [-0.4, -0.2) is 34.8 Å². The van der Waals surface area contributed by atoms with Gasteiger partial charge in [-0.1, -0.05) is 38.3 Å². The van der Waals surface area contributed by atoms with E-state index in [-0.39, 0.29) is 12.4 Å². The van der Waals surface area contributed by atoms with Crippen molar-refractivity contribution in [1.29, 1.82) is 0 Å². The average molecular weight is 477 g/mol. The van der Waals surface area contributed by atoms with Gasteiger partial charge in [0.1, 0.15) is 11.6 Å². The molecule has 0 amide bonds. The highest BCUT2D eigenvalue weighted by Crippen LogP contribution is 2.39. The molecule has 1 aromatic carbocycles. The van der Waals surface area contributed by atoms with Crippen LogP contribution in [0.4, 0.5) is 5.82 Å². The van der Waals surface area contributed by atoms with E-state index >= 15 is 0 Å². The Balaban J connectivity index is 0.00000289. The summed E-state index contributed by atoms with van der Waals surface area (Å²) in [7, 11) is 1.66. The van der Waals surface area contributed by atoms with Gasteiger partial charge in [0, 0.05) is 29.9 Å². The molecule has 0 aliphatic heterocycles. The molecule has 0 atom stereocenters. The summed E-state index contributed by atoms with van der Waals surface area (Å²) in [5.41, 5.74) is 6.46. The Morgan fingerprint density at radius 2 is 1.84 bits per heavy atom. The SMILES string of the molecule is CCCCN(CCCC)c1c2c(nc3c(-c4ccc(OC)cc4Cl)c(C)nn13)CCC2.Cl. The highest BCUT2D eigenvalue weighted by molar-refractivity contribution is 6.33. The third kappa shape index (κ3) is 4.55. The van der Waals surface area contributed by atoms with E-state index in [1.807, 2.05) is 18.2 Å². The minimum Gasteiger partial charge on any atom is -0.497 e. The second-order valence-electron chi connectivity index (χ2n) is 8.45. The second-order valence-corrected chi connectivity index (χ2v) is 8.86. The maximum atomic E-state index is 6.67. The summed E-state index contributed by atoms with van der Waals surface area (Å²) in [5.74, 6) is 2.00. The van der Waals surface area contributed by atoms with Gasteiger partial charge in [0.2, 0.25) is 0 Å². The van der Waals surface area contributed by atoms with Gasteiger partial charge in [0.25, 0.3) is 0 Å². The largest absolute Gasteiger partial charge is 0.497 e. The fraction of sp³-hybridized carbons (Fsp3) is 0.520. The van der Waals surface area contributed by atoms with Crippen LogP contribution in [0.5, 0.6) is 5.75 Å². The molecule has 3 aromatic rings. The minimum absolute atomic E-state index is 0. The Hall–Kier alpha value is -1.98. The van der Waals surface area contributed by atoms with Crippen LogP contribution in [0.2, 0.25) is 5.02 Å². The fourth-order valence-electron chi connectivity index (χ4n) is 4.60. The van der Waals surface area contributed by atoms with Gasteiger partial charge in [0.15, 0.2) is 5.65 Å². The van der Waals surface area contributed by atoms with Crippen molar-refractivity contribution < 1.29 is 4.74 Å². The van der Waals surface area contributed by atoms with E-state index < -0.39 is 0 Å². The smallest absolute Gasteiger partial charge is 0.165 e. The van der Waals surface area contributed by atoms with Crippen LogP contribution in [0, 0.1) is 6.92 Å². The first-order valence-electron chi connectivity index (χ1n) is 11.6. The molecule has 0 unspecified atom stereocenters. The Kier molecular flexibility index (Phi) is 8.29. The molecular formula is C25H34Cl2N4O. The number of halogens is 2. The van der Waals surface area contributed by atoms with Gasteiger partial charge in [-0.2, -0.15) is 9.61 Å². The van der Waals surface area contributed by atoms with Crippen molar-refractivity contribution in [3.8, 4) is 16.9 Å². The van der Waals surface area contributed by atoms with Crippen molar-refractivity contribution in [2.75, 3.05) is 25.1 Å². The van der Waals surface area contributed by atoms with Crippen molar-refractivity contribution in [2.45, 2.75) is 65.7 Å². The van der Waals surface area contributed by atoms with E-state index in [2.05, 4.69) is 30.2 Å². The first-order valence-corrected chi connectivity index (χ1v) is 12.0. The van der Waals surface area contributed by atoms with Gasteiger partial charge in [-0.25, -0.2) is 4.98 Å². The van der Waals surface area contributed by atoms with Crippen LogP contribution in [0.25, 0.3) is 16.8 Å². The van der Waals surface area contributed by atoms with E-state index in [0.717, 1.165) is 60.6 Å². The molecule has 0 N–H and O–H groups in total. The first-order chi connectivity index (χ1) is 15.1. The van der Waals surface area contributed by atoms with E-state index in [0.29, 0.717) is 5.02 Å². The summed E-state index contributed by atoms with van der Waals surface area (Å²) in [6.45, 7) is 8.68. The van der Waals surface area contributed by atoms with Gasteiger partial charge in [-0.15, -0.1) is 12.4 Å². The van der Waals surface area contributed by atoms with Crippen molar-refractivity contribution in [1.82, 2.24) is 14.6 Å². The fourth-order valence-corrected chi connectivity index (χ4v) is 4.87. The molecule has 0 spiro atoms. The van der Waals surface area contributed by atoms with Gasteiger partial charge in [-0.05, 0) is 57.2 Å². The number of hydrogen-bond donors (Lipinski definition) is 0. The zero-order valence-corrected chi connectivity index (χ0v) is 21.2. The zero-order chi connectivity index (χ0) is 22.0. The van der Waals surface area contributed by atoms with E-state index in [1.165, 1.54) is 42.8 Å². The molecule has 0 saturated carbocycles. The van der Waals surface area contributed by atoms with Crippen molar-refractivity contribution in [2.24, 2.45) is 0 Å². The molecule has 2 aromatic heterocycles. The number of aromatic nitrogens is 3. The molecule has 4 rings (SSSR count). The quantitative estimate of drug-likeness (QED) is 0.345. The summed E-state index contributed by atoms with van der Waals surface area (Å²) < 4.78 is 7.44. The highest BCUT2D eigenvalue weighted by Gasteiger charge is 2.27. The number of benzene rings is 1. The molecule has 1 aliphatic carbocycles. The van der Waals surface area contributed by atoms with Crippen LogP contribution in [0.15, 0.2) is 18.2 Å². The van der Waals surface area contributed by atoms with Crippen LogP contribution in [-0.2, 0) is 12.8 Å². The molecular weight excluding hydrogens is 443 g/mol. The molecule has 7 heteroatoms. The molecule has 174 valence electrons. The Morgan fingerprint density at radius 1 is 1.12 bits per heavy atom. The summed E-state index contributed by atoms with van der Waals surface area (Å²) in [6.07, 6.45) is 8.01. The number of nitrogens with zero attached hydrogens (tertiary/aromatic N) is 4. The standard InChI is InChI=1S/C25H33ClN4O.ClH/c1-5-7-14-29(15-8-6-2)25-20-10-9-11-22(20)27-24-23(17(3)28-30(24)25)19-13-12-18(31-4)16-21(19)26;/h12-13,16H,5-11,14-15H2,1-4H3;1H. The number of rotatable bonds is 9. The van der Waals surface area contributed by atoms with Crippen LogP contribution in [0.1, 0.15) is 62.9 Å². The first kappa shape index (κ1) is 24.7. The number of fused-ring (bicyclic) bond motifs is 2. The van der Waals surface area contributed by atoms with E-state index in [1.54, 1.807) is 7.11 Å². The predicted octanol–water partition coefficient (Wildman–Crippen LogP) is 6.68. The van der Waals surface area contributed by atoms with Crippen molar-refractivity contribution in [3.05, 3.63) is 40.2 Å². The molecule has 1 aliphatic rings. The molecule has 0 saturated heterocycles. The number of anilines is 1. The van der Waals surface area contributed by atoms with Gasteiger partial charge >= 0.3 is 0 Å². The summed E-state index contributed by atoms with van der Waals surface area (Å²) in [4.78, 5) is 7.68. The number of methoxy groups -OCH3 is 1. The number of aryl methyl sites for hydroxylation is 2. The maximum absolute atomic E-state index is 6.67. The monoisotopic (exact) mass is 476 g/mol. The Labute approximate surface area is 202 Å². The maximum Gasteiger partial charge on any atom is 0.165 e. The van der Waals surface area contributed by atoms with Crippen molar-refractivity contribution in [3.63, 3.8) is 0 Å². The van der Waals surface area contributed by atoms with E-state index in [9.17, 15) is 0 Å².